The van der Waals surface area contributed by atoms with Gasteiger partial charge in [-0.2, -0.15) is 0 Å². The number of fused-ring (bicyclic) bond motifs is 1. The topological polar surface area (TPSA) is 34.1 Å². The minimum Gasteiger partial charge on any atom is -0.495 e. The van der Waals surface area contributed by atoms with Crippen LogP contribution in [0.1, 0.15) is 5.56 Å². The highest BCUT2D eigenvalue weighted by Gasteiger charge is 2.10. The molecular weight excluding hydrogens is 311 g/mol. The fraction of sp³-hybridized carbons (Fsp3) is 0.133. The first-order valence-corrected chi connectivity index (χ1v) is 7.43. The lowest BCUT2D eigenvalue weighted by molar-refractivity contribution is 0.417. The molecule has 108 valence electrons. The number of hydrogen-bond donors (Lipinski definition) is 1. The molecule has 0 bridgehead atoms. The van der Waals surface area contributed by atoms with Gasteiger partial charge in [0.05, 0.1) is 23.0 Å². The van der Waals surface area contributed by atoms with Crippen molar-refractivity contribution in [1.82, 2.24) is 4.98 Å². The summed E-state index contributed by atoms with van der Waals surface area (Å²) in [5.41, 5.74) is 2.47. The molecule has 1 aromatic heterocycles. The molecule has 0 spiro atoms. The minimum absolute atomic E-state index is 0.266. The van der Waals surface area contributed by atoms with Crippen LogP contribution in [-0.4, -0.2) is 12.1 Å². The second-order valence-corrected chi connectivity index (χ2v) is 6.00. The van der Waals surface area contributed by atoms with Gasteiger partial charge in [-0.1, -0.05) is 22.9 Å². The van der Waals surface area contributed by atoms with Gasteiger partial charge in [-0.15, -0.1) is 0 Å². The third-order valence-electron chi connectivity index (χ3n) is 3.07. The molecule has 0 unspecified atom stereocenters. The van der Waals surface area contributed by atoms with E-state index in [-0.39, 0.29) is 5.82 Å². The molecule has 0 fully saturated rings. The molecule has 21 heavy (non-hydrogen) atoms. The summed E-state index contributed by atoms with van der Waals surface area (Å²) in [5.74, 6) is 0.369. The van der Waals surface area contributed by atoms with Gasteiger partial charge in [0.1, 0.15) is 11.6 Å². The lowest BCUT2D eigenvalue weighted by Crippen LogP contribution is -1.95. The van der Waals surface area contributed by atoms with Gasteiger partial charge in [0, 0.05) is 11.1 Å². The van der Waals surface area contributed by atoms with E-state index in [0.717, 1.165) is 21.5 Å². The lowest BCUT2D eigenvalue weighted by atomic mass is 10.2. The quantitative estimate of drug-likeness (QED) is 0.724. The van der Waals surface area contributed by atoms with Crippen molar-refractivity contribution in [1.29, 1.82) is 0 Å². The molecule has 0 radical (unpaired) electrons. The first-order chi connectivity index (χ1) is 10.1. The highest BCUT2D eigenvalue weighted by atomic mass is 35.5. The average Bonchev–Trinajstić information content (AvgIpc) is 2.84. The van der Waals surface area contributed by atoms with Crippen molar-refractivity contribution in [2.45, 2.75) is 6.92 Å². The number of nitrogens with zero attached hydrogens (tertiary/aromatic N) is 1. The Morgan fingerprint density at radius 3 is 2.86 bits per heavy atom. The van der Waals surface area contributed by atoms with Crippen molar-refractivity contribution >= 4 is 44.0 Å². The van der Waals surface area contributed by atoms with E-state index < -0.39 is 0 Å². The molecule has 0 aliphatic heterocycles. The van der Waals surface area contributed by atoms with Crippen molar-refractivity contribution in [3.05, 3.63) is 46.7 Å². The zero-order valence-electron chi connectivity index (χ0n) is 11.4. The monoisotopic (exact) mass is 322 g/mol. The van der Waals surface area contributed by atoms with Gasteiger partial charge in [0.15, 0.2) is 5.13 Å². The number of thiazole rings is 1. The van der Waals surface area contributed by atoms with E-state index in [1.54, 1.807) is 19.2 Å². The summed E-state index contributed by atoms with van der Waals surface area (Å²) in [7, 11) is 1.58. The summed E-state index contributed by atoms with van der Waals surface area (Å²) in [6.07, 6.45) is 0. The molecule has 0 saturated carbocycles. The van der Waals surface area contributed by atoms with E-state index in [1.807, 2.05) is 13.0 Å². The van der Waals surface area contributed by atoms with Gasteiger partial charge in [-0.25, -0.2) is 9.37 Å². The number of rotatable bonds is 3. The first kappa shape index (κ1) is 14.1. The number of benzene rings is 2. The summed E-state index contributed by atoms with van der Waals surface area (Å²) < 4.78 is 19.3. The third-order valence-corrected chi connectivity index (χ3v) is 4.41. The fourth-order valence-corrected chi connectivity index (χ4v) is 3.05. The van der Waals surface area contributed by atoms with E-state index in [4.69, 9.17) is 16.3 Å². The number of hydrogen-bond acceptors (Lipinski definition) is 4. The van der Waals surface area contributed by atoms with Gasteiger partial charge in [-0.05, 0) is 36.8 Å². The summed E-state index contributed by atoms with van der Waals surface area (Å²) in [6, 6.07) is 8.19. The number of halogens is 2. The number of ether oxygens (including phenoxy) is 1. The van der Waals surface area contributed by atoms with E-state index in [0.29, 0.717) is 15.9 Å². The smallest absolute Gasteiger partial charge is 0.188 e. The number of methoxy groups -OCH3 is 1. The standard InChI is InChI=1S/C15H12ClFN2OS/c1-8-5-12(13(20-2)7-10(8)16)19-15-18-11-4-3-9(17)6-14(11)21-15/h3-7H,1-2H3,(H,18,19). The SMILES string of the molecule is COc1cc(Cl)c(C)cc1Nc1nc2ccc(F)cc2s1. The minimum atomic E-state index is -0.266. The van der Waals surface area contributed by atoms with E-state index >= 15 is 0 Å². The molecule has 0 saturated heterocycles. The Kier molecular flexibility index (Phi) is 3.69. The van der Waals surface area contributed by atoms with Crippen LogP contribution in [0.4, 0.5) is 15.2 Å². The molecule has 1 heterocycles. The van der Waals surface area contributed by atoms with Crippen LogP contribution in [-0.2, 0) is 0 Å². The van der Waals surface area contributed by atoms with Crippen molar-refractivity contribution in [3.63, 3.8) is 0 Å². The predicted molar refractivity (Wildman–Crippen MR) is 85.6 cm³/mol. The Morgan fingerprint density at radius 1 is 1.29 bits per heavy atom. The van der Waals surface area contributed by atoms with Crippen LogP contribution >= 0.6 is 22.9 Å². The van der Waals surface area contributed by atoms with Crippen LogP contribution in [0, 0.1) is 12.7 Å². The zero-order chi connectivity index (χ0) is 15.0. The van der Waals surface area contributed by atoms with Crippen molar-refractivity contribution in [2.24, 2.45) is 0 Å². The summed E-state index contributed by atoms with van der Waals surface area (Å²) >= 11 is 7.47. The van der Waals surface area contributed by atoms with Crippen LogP contribution in [0.2, 0.25) is 5.02 Å². The molecule has 3 rings (SSSR count). The Balaban J connectivity index is 2.00. The number of nitrogens with one attached hydrogen (secondary N) is 1. The van der Waals surface area contributed by atoms with Crippen LogP contribution < -0.4 is 10.1 Å². The van der Waals surface area contributed by atoms with E-state index in [1.165, 1.54) is 23.5 Å². The van der Waals surface area contributed by atoms with Crippen molar-refractivity contribution in [3.8, 4) is 5.75 Å². The third kappa shape index (κ3) is 2.80. The molecule has 3 nitrogen and oxygen atoms in total. The number of aromatic nitrogens is 1. The zero-order valence-corrected chi connectivity index (χ0v) is 13.0. The van der Waals surface area contributed by atoms with Gasteiger partial charge >= 0.3 is 0 Å². The predicted octanol–water partition coefficient (Wildman–Crippen LogP) is 5.15. The summed E-state index contributed by atoms with van der Waals surface area (Å²) in [4.78, 5) is 4.43. The summed E-state index contributed by atoms with van der Waals surface area (Å²) in [6.45, 7) is 1.92. The largest absolute Gasteiger partial charge is 0.495 e. The van der Waals surface area contributed by atoms with Crippen molar-refractivity contribution < 1.29 is 9.13 Å². The molecule has 1 N–H and O–H groups in total. The molecule has 0 aliphatic carbocycles. The second-order valence-electron chi connectivity index (χ2n) is 4.56. The number of aryl methyl sites for hydroxylation is 1. The maximum absolute atomic E-state index is 13.2. The molecule has 3 aromatic rings. The second kappa shape index (κ2) is 5.50. The Bertz CT molecular complexity index is 819. The molecule has 6 heteroatoms. The maximum atomic E-state index is 13.2. The van der Waals surface area contributed by atoms with Gasteiger partial charge < -0.3 is 10.1 Å². The molecule has 2 aromatic carbocycles. The van der Waals surface area contributed by atoms with Crippen LogP contribution in [0.3, 0.4) is 0 Å². The van der Waals surface area contributed by atoms with Crippen LogP contribution in [0.5, 0.6) is 5.75 Å². The fourth-order valence-electron chi connectivity index (χ4n) is 2.00. The lowest BCUT2D eigenvalue weighted by Gasteiger charge is -2.11. The molecule has 0 aliphatic rings. The molecular formula is C15H12ClFN2OS. The van der Waals surface area contributed by atoms with Gasteiger partial charge in [0.25, 0.3) is 0 Å². The Hall–Kier alpha value is -1.85. The number of anilines is 2. The molecule has 0 amide bonds. The first-order valence-electron chi connectivity index (χ1n) is 6.24. The van der Waals surface area contributed by atoms with Gasteiger partial charge in [0.2, 0.25) is 0 Å². The molecule has 0 atom stereocenters. The van der Waals surface area contributed by atoms with Crippen LogP contribution in [0.15, 0.2) is 30.3 Å². The normalized spacial score (nSPS) is 10.9. The Morgan fingerprint density at radius 2 is 2.10 bits per heavy atom. The van der Waals surface area contributed by atoms with Gasteiger partial charge in [-0.3, -0.25) is 0 Å². The highest BCUT2D eigenvalue weighted by molar-refractivity contribution is 7.22. The maximum Gasteiger partial charge on any atom is 0.188 e. The van der Waals surface area contributed by atoms with Crippen molar-refractivity contribution in [2.75, 3.05) is 12.4 Å². The Labute approximate surface area is 130 Å². The highest BCUT2D eigenvalue weighted by Crippen LogP contribution is 2.35. The van der Waals surface area contributed by atoms with Crippen LogP contribution in [0.25, 0.3) is 10.2 Å². The van der Waals surface area contributed by atoms with E-state index in [9.17, 15) is 4.39 Å². The summed E-state index contributed by atoms with van der Waals surface area (Å²) in [5, 5.41) is 4.52. The van der Waals surface area contributed by atoms with E-state index in [2.05, 4.69) is 10.3 Å². The average molecular weight is 323 g/mol.